The molecule has 0 nitrogen and oxygen atoms in total. The van der Waals surface area contributed by atoms with E-state index < -0.39 is 0 Å². The van der Waals surface area contributed by atoms with E-state index in [-0.39, 0.29) is 4.28 Å². The van der Waals surface area contributed by atoms with Crippen LogP contribution in [0.1, 0.15) is 10.7 Å². The molecular formula is C5H8Ru. The monoisotopic (exact) mass is 170 g/mol. The van der Waals surface area contributed by atoms with Gasteiger partial charge in [0.15, 0.2) is 0 Å². The summed E-state index contributed by atoms with van der Waals surface area (Å²) >= 11 is 2.59. The summed E-state index contributed by atoms with van der Waals surface area (Å²) < 4.78 is 1.40. The van der Waals surface area contributed by atoms with Gasteiger partial charge < -0.3 is 4.28 Å². The summed E-state index contributed by atoms with van der Waals surface area (Å²) in [7, 11) is 0. The second-order valence-corrected chi connectivity index (χ2v) is 2.35. The van der Waals surface area contributed by atoms with Crippen LogP contribution in [0.2, 0.25) is 0 Å². The van der Waals surface area contributed by atoms with Crippen molar-refractivity contribution in [1.29, 1.82) is 0 Å². The molecule has 0 N–H and O–H groups in total. The third-order valence-corrected chi connectivity index (χ3v) is 1.36. The third kappa shape index (κ3) is 0.783. The molecule has 0 amide bonds. The van der Waals surface area contributed by atoms with E-state index in [1.807, 2.05) is 0 Å². The van der Waals surface area contributed by atoms with Crippen LogP contribution in [-0.2, 0) is 18.3 Å². The third-order valence-electron chi connectivity index (χ3n) is 0.717. The molecule has 0 saturated carbocycles. The van der Waals surface area contributed by atoms with Gasteiger partial charge in [0.1, 0.15) is 0 Å². The van der Waals surface area contributed by atoms with Crippen LogP contribution in [0.25, 0.3) is 0 Å². The Balaban J connectivity index is -0.000000120. The molecular weight excluding hydrogens is 161 g/mol. The first-order valence-electron chi connectivity index (χ1n) is 1.89. The van der Waals surface area contributed by atoms with Crippen molar-refractivity contribution in [3.63, 3.8) is 0 Å². The Morgan fingerprint density at radius 2 is 2.67 bits per heavy atom. The first-order chi connectivity index (χ1) is 2.89. The van der Waals surface area contributed by atoms with E-state index in [1.54, 1.807) is 0 Å². The van der Waals surface area contributed by atoms with Crippen molar-refractivity contribution < 1.29 is 22.6 Å². The van der Waals surface area contributed by atoms with E-state index in [4.69, 9.17) is 0 Å². The summed E-state index contributed by atoms with van der Waals surface area (Å²) in [4.78, 5) is 0. The Hall–Kier alpha value is 0.103. The van der Waals surface area contributed by atoms with Crippen molar-refractivity contribution >= 4 is 0 Å². The van der Waals surface area contributed by atoms with Crippen molar-refractivity contribution in [2.24, 2.45) is 0 Å². The zero-order chi connectivity index (χ0) is 4.41. The van der Waals surface area contributed by atoms with Gasteiger partial charge in [0.25, 0.3) is 0 Å². The zero-order valence-electron chi connectivity index (χ0n) is 6.29. The second-order valence-electron chi connectivity index (χ2n) is 1.23. The Morgan fingerprint density at radius 1 is 1.83 bits per heavy atom. The molecule has 0 unspecified atom stereocenters. The number of rotatable bonds is 0. The molecule has 0 heterocycles. The number of hydrogen-bond acceptors (Lipinski definition) is 0. The summed E-state index contributed by atoms with van der Waals surface area (Å²) in [6.07, 6.45) is 7.46. The quantitative estimate of drug-likeness (QED) is 0.484. The summed E-state index contributed by atoms with van der Waals surface area (Å²) in [5.74, 6) is 0. The van der Waals surface area contributed by atoms with Crippen LogP contribution in [0.5, 0.6) is 0 Å². The van der Waals surface area contributed by atoms with Gasteiger partial charge in [-0.25, -0.2) is 0 Å². The maximum absolute atomic E-state index is 2.59. The average molecular weight is 169 g/mol. The zero-order valence-corrected chi connectivity index (χ0v) is 5.03. The van der Waals surface area contributed by atoms with Crippen LogP contribution < -0.4 is 0 Å². The molecule has 0 aromatic carbocycles. The number of hydrogen-bond donors (Lipinski definition) is 0. The van der Waals surface area contributed by atoms with E-state index in [1.165, 1.54) is 4.17 Å². The van der Waals surface area contributed by atoms with Gasteiger partial charge in [0, 0.05) is 0 Å². The van der Waals surface area contributed by atoms with Crippen LogP contribution in [0.3, 0.4) is 0 Å². The molecule has 0 aliphatic heterocycles. The molecule has 1 rings (SSSR count). The molecule has 1 heteroatoms. The summed E-state index contributed by atoms with van der Waals surface area (Å²) in [5.41, 5.74) is 0. The molecule has 1 aliphatic carbocycles. The van der Waals surface area contributed by atoms with Gasteiger partial charge in [0.2, 0.25) is 0 Å². The molecule has 0 atom stereocenters. The first-order valence-corrected chi connectivity index (χ1v) is 2.76. The van der Waals surface area contributed by atoms with E-state index in [2.05, 4.69) is 36.5 Å². The van der Waals surface area contributed by atoms with Crippen LogP contribution in [0, 0.1) is 0 Å². The van der Waals surface area contributed by atoms with Crippen molar-refractivity contribution in [2.45, 2.75) is 6.42 Å². The molecule has 0 fully saturated rings. The fourth-order valence-corrected chi connectivity index (χ4v) is 0.788. The molecule has 0 saturated heterocycles. The molecule has 0 bridgehead atoms. The molecule has 0 aromatic rings. The molecule has 0 radical (unpaired) electrons. The van der Waals surface area contributed by atoms with Crippen molar-refractivity contribution in [2.75, 3.05) is 0 Å². The van der Waals surface area contributed by atoms with E-state index in [9.17, 15) is 0 Å². The van der Waals surface area contributed by atoms with Gasteiger partial charge in [-0.05, 0) is 0 Å². The Labute approximate surface area is 52.1 Å². The van der Waals surface area contributed by atoms with E-state index in [0.29, 0.717) is 0 Å². The molecule has 36 valence electrons. The summed E-state index contributed by atoms with van der Waals surface area (Å²) in [6.45, 7) is 0. The van der Waals surface area contributed by atoms with Crippen molar-refractivity contribution in [1.82, 2.24) is 0 Å². The molecule has 0 aromatic heterocycles. The maximum atomic E-state index is 2.59. The van der Waals surface area contributed by atoms with Crippen LogP contribution >= 0.6 is 0 Å². The van der Waals surface area contributed by atoms with Gasteiger partial charge in [-0.1, -0.05) is 0 Å². The van der Waals surface area contributed by atoms with Crippen LogP contribution in [-0.4, -0.2) is 0 Å². The molecule has 6 heavy (non-hydrogen) atoms. The van der Waals surface area contributed by atoms with Crippen LogP contribution in [0.4, 0.5) is 0 Å². The molecule has 0 spiro atoms. The average Bonchev–Trinajstić information content (AvgIpc) is 1.86. The second kappa shape index (κ2) is 1.70. The SMILES string of the molecule is [H-].[H-].[H-].[Ru+3][C]1=CC=CC1. The fourth-order valence-electron chi connectivity index (χ4n) is 0.416. The van der Waals surface area contributed by atoms with Gasteiger partial charge in [-0.15, -0.1) is 0 Å². The Bertz CT molecular complexity index is 109. The van der Waals surface area contributed by atoms with Gasteiger partial charge in [-0.3, -0.25) is 0 Å². The van der Waals surface area contributed by atoms with Gasteiger partial charge in [-0.2, -0.15) is 0 Å². The van der Waals surface area contributed by atoms with Gasteiger partial charge in [0.05, 0.1) is 0 Å². The molecule has 1 aliphatic rings. The minimum atomic E-state index is 0. The summed E-state index contributed by atoms with van der Waals surface area (Å²) in [5, 5.41) is 0. The van der Waals surface area contributed by atoms with Crippen molar-refractivity contribution in [3.8, 4) is 0 Å². The van der Waals surface area contributed by atoms with Crippen molar-refractivity contribution in [3.05, 3.63) is 22.4 Å². The minimum absolute atomic E-state index is 0. The number of allylic oxidation sites excluding steroid dienone is 4. The first kappa shape index (κ1) is 4.27. The predicted octanol–water partition coefficient (Wildman–Crippen LogP) is 1.71. The predicted molar refractivity (Wildman–Crippen MR) is 25.2 cm³/mol. The Morgan fingerprint density at radius 3 is 2.83 bits per heavy atom. The van der Waals surface area contributed by atoms with Gasteiger partial charge >= 0.3 is 47.1 Å². The topological polar surface area (TPSA) is 0 Å². The standard InChI is InChI=1S/C5H5.Ru.3H/c1-2-4-5-3-1;;;;/h1-3H,4H2;;;;/q;+3;3*-1. The summed E-state index contributed by atoms with van der Waals surface area (Å²) in [6, 6.07) is 0. The Kier molecular flexibility index (Phi) is 1.21. The van der Waals surface area contributed by atoms with Crippen LogP contribution in [0.15, 0.2) is 22.4 Å². The van der Waals surface area contributed by atoms with E-state index >= 15 is 0 Å². The normalized spacial score (nSPS) is 18.3. The fraction of sp³-hybridized carbons (Fsp3) is 0.200. The van der Waals surface area contributed by atoms with E-state index in [0.717, 1.165) is 6.42 Å².